The number of aromatic nitrogens is 2. The van der Waals surface area contributed by atoms with E-state index in [9.17, 15) is 31.1 Å². The lowest BCUT2D eigenvalue weighted by atomic mass is 9.87. The summed E-state index contributed by atoms with van der Waals surface area (Å²) in [6.45, 7) is -0.435. The van der Waals surface area contributed by atoms with Gasteiger partial charge in [0.15, 0.2) is 23.1 Å². The number of nitrogens with zero attached hydrogens (tertiary/aromatic N) is 3. The van der Waals surface area contributed by atoms with Crippen molar-refractivity contribution in [3.63, 3.8) is 0 Å². The number of nitrogens with one attached hydrogen (secondary N) is 1. The van der Waals surface area contributed by atoms with E-state index in [-0.39, 0.29) is 54.5 Å². The molecule has 1 N–H and O–H groups in total. The molecule has 1 unspecified atom stereocenters. The van der Waals surface area contributed by atoms with Gasteiger partial charge in [-0.25, -0.2) is 17.6 Å². The molecule has 1 atom stereocenters. The minimum Gasteiger partial charge on any atom is -0.334 e. The van der Waals surface area contributed by atoms with Crippen LogP contribution in [0.25, 0.3) is 5.70 Å². The van der Waals surface area contributed by atoms with Crippen LogP contribution < -0.4 is 5.48 Å². The number of hydrogen-bond donors (Lipinski definition) is 1. The van der Waals surface area contributed by atoms with Gasteiger partial charge in [-0.2, -0.15) is 18.3 Å². The molecule has 1 fully saturated rings. The van der Waals surface area contributed by atoms with Crippen molar-refractivity contribution in [3.8, 4) is 0 Å². The van der Waals surface area contributed by atoms with E-state index < -0.39 is 40.5 Å². The topological polar surface area (TPSA) is 59.4 Å². The van der Waals surface area contributed by atoms with E-state index in [4.69, 9.17) is 4.84 Å². The van der Waals surface area contributed by atoms with Gasteiger partial charge in [-0.1, -0.05) is 24.3 Å². The lowest BCUT2D eigenvalue weighted by Crippen LogP contribution is -2.59. The summed E-state index contributed by atoms with van der Waals surface area (Å²) < 4.78 is 99.5. The zero-order chi connectivity index (χ0) is 26.6. The average Bonchev–Trinajstić information content (AvgIpc) is 3.51. The Morgan fingerprint density at radius 2 is 1.70 bits per heavy atom. The van der Waals surface area contributed by atoms with Crippen molar-refractivity contribution in [2.24, 2.45) is 0 Å². The molecule has 2 aliphatic rings. The molecule has 1 amide bonds. The van der Waals surface area contributed by atoms with Crippen LogP contribution in [0.3, 0.4) is 0 Å². The molecular formula is C24H17F7N4O2. The van der Waals surface area contributed by atoms with E-state index in [0.717, 1.165) is 0 Å². The fourth-order valence-electron chi connectivity index (χ4n) is 4.25. The number of rotatable bonds is 5. The lowest BCUT2D eigenvalue weighted by molar-refractivity contribution is -0.269. The molecule has 0 radical (unpaired) electrons. The van der Waals surface area contributed by atoms with Crippen molar-refractivity contribution in [1.29, 1.82) is 0 Å². The lowest BCUT2D eigenvalue weighted by Gasteiger charge is -2.44. The Morgan fingerprint density at radius 3 is 2.27 bits per heavy atom. The standard InChI is InChI=1S/C24H17F7N4O2/c25-17-8-16(9-18(26)21(17)27)23(24(29,30)31)10-19(33-37-23)14-2-4-15(5-3-14)22(28)12-34(13-22)20(36)11-35-7-1-6-32-35/h1-10,33H,11-13H2. The summed E-state index contributed by atoms with van der Waals surface area (Å²) in [7, 11) is 0. The molecule has 1 aromatic heterocycles. The maximum absolute atomic E-state index is 15.3. The molecule has 3 aromatic rings. The van der Waals surface area contributed by atoms with Crippen LogP contribution in [0.4, 0.5) is 30.7 Å². The van der Waals surface area contributed by atoms with Gasteiger partial charge in [0, 0.05) is 18.0 Å². The number of carbonyl (C=O) groups is 1. The summed E-state index contributed by atoms with van der Waals surface area (Å²) in [6.07, 6.45) is -1.50. The van der Waals surface area contributed by atoms with Gasteiger partial charge in [-0.3, -0.25) is 19.8 Å². The Labute approximate surface area is 204 Å². The number of likely N-dealkylation sites (tertiary alicyclic amines) is 1. The molecule has 2 aromatic carbocycles. The molecule has 6 nitrogen and oxygen atoms in total. The summed E-state index contributed by atoms with van der Waals surface area (Å²) >= 11 is 0. The Balaban J connectivity index is 1.35. The number of hydrogen-bond acceptors (Lipinski definition) is 4. The van der Waals surface area contributed by atoms with E-state index in [2.05, 4.69) is 10.6 Å². The fourth-order valence-corrected chi connectivity index (χ4v) is 4.25. The molecule has 13 heteroatoms. The van der Waals surface area contributed by atoms with Crippen LogP contribution in [-0.4, -0.2) is 39.9 Å². The summed E-state index contributed by atoms with van der Waals surface area (Å²) in [4.78, 5) is 18.4. The Bertz CT molecular complexity index is 1340. The summed E-state index contributed by atoms with van der Waals surface area (Å²) in [5, 5.41) is 3.93. The highest BCUT2D eigenvalue weighted by molar-refractivity contribution is 5.77. The monoisotopic (exact) mass is 526 g/mol. The molecule has 5 rings (SSSR count). The number of benzene rings is 2. The van der Waals surface area contributed by atoms with Crippen molar-refractivity contribution < 1.29 is 40.4 Å². The predicted octanol–water partition coefficient (Wildman–Crippen LogP) is 4.34. The van der Waals surface area contributed by atoms with Crippen molar-refractivity contribution in [1.82, 2.24) is 20.2 Å². The number of amides is 1. The number of alkyl halides is 4. The van der Waals surface area contributed by atoms with Crippen LogP contribution in [-0.2, 0) is 27.4 Å². The SMILES string of the molecule is O=C(Cn1cccn1)N1CC(F)(c2ccc(C3=CC(c4cc(F)c(F)c(F)c4)(C(F)(F)F)ON3)cc2)C1. The minimum absolute atomic E-state index is 0.0371. The van der Waals surface area contributed by atoms with Gasteiger partial charge in [0.2, 0.25) is 11.5 Å². The summed E-state index contributed by atoms with van der Waals surface area (Å²) in [5.74, 6) is -5.84. The number of carbonyl (C=O) groups excluding carboxylic acids is 1. The van der Waals surface area contributed by atoms with Crippen molar-refractivity contribution in [3.05, 3.63) is 95.1 Å². The first-order valence-corrected chi connectivity index (χ1v) is 10.9. The first-order chi connectivity index (χ1) is 17.4. The van der Waals surface area contributed by atoms with Crippen molar-refractivity contribution in [2.45, 2.75) is 24.0 Å². The van der Waals surface area contributed by atoms with Crippen LogP contribution >= 0.6 is 0 Å². The number of hydroxylamine groups is 1. The fraction of sp³-hybridized carbons (Fsp3) is 0.250. The van der Waals surface area contributed by atoms with Gasteiger partial charge in [-0.05, 0) is 35.4 Å². The first kappa shape index (κ1) is 24.8. The largest absolute Gasteiger partial charge is 0.428 e. The van der Waals surface area contributed by atoms with Crippen molar-refractivity contribution in [2.75, 3.05) is 13.1 Å². The van der Waals surface area contributed by atoms with Gasteiger partial charge in [0.25, 0.3) is 0 Å². The van der Waals surface area contributed by atoms with Crippen LogP contribution in [0.2, 0.25) is 0 Å². The minimum atomic E-state index is -5.18. The second-order valence-electron chi connectivity index (χ2n) is 8.75. The molecule has 37 heavy (non-hydrogen) atoms. The zero-order valence-corrected chi connectivity index (χ0v) is 18.7. The van der Waals surface area contributed by atoms with Gasteiger partial charge >= 0.3 is 6.18 Å². The van der Waals surface area contributed by atoms with Crippen LogP contribution in [0, 0.1) is 17.5 Å². The van der Waals surface area contributed by atoms with Crippen molar-refractivity contribution >= 4 is 11.6 Å². The van der Waals surface area contributed by atoms with E-state index in [1.165, 1.54) is 40.0 Å². The van der Waals surface area contributed by atoms with E-state index >= 15 is 4.39 Å². The second kappa shape index (κ2) is 8.61. The Morgan fingerprint density at radius 1 is 1.05 bits per heavy atom. The number of halogens is 7. The molecule has 1 saturated heterocycles. The quantitative estimate of drug-likeness (QED) is 0.397. The third-order valence-corrected chi connectivity index (χ3v) is 6.31. The highest BCUT2D eigenvalue weighted by Crippen LogP contribution is 2.48. The van der Waals surface area contributed by atoms with Gasteiger partial charge in [0.1, 0.15) is 6.54 Å². The zero-order valence-electron chi connectivity index (χ0n) is 18.7. The molecule has 0 aliphatic carbocycles. The van der Waals surface area contributed by atoms with E-state index in [1.807, 2.05) is 0 Å². The molecule has 3 heterocycles. The molecule has 0 bridgehead atoms. The average molecular weight is 526 g/mol. The smallest absolute Gasteiger partial charge is 0.334 e. The predicted molar refractivity (Wildman–Crippen MR) is 114 cm³/mol. The van der Waals surface area contributed by atoms with Gasteiger partial charge in [0.05, 0.1) is 18.8 Å². The molecule has 0 spiro atoms. The highest BCUT2D eigenvalue weighted by atomic mass is 19.4. The molecule has 0 saturated carbocycles. The van der Waals surface area contributed by atoms with Crippen LogP contribution in [0.1, 0.15) is 16.7 Å². The summed E-state index contributed by atoms with van der Waals surface area (Å²) in [6, 6.07) is 7.46. The second-order valence-corrected chi connectivity index (χ2v) is 8.75. The van der Waals surface area contributed by atoms with E-state index in [1.54, 1.807) is 12.3 Å². The highest BCUT2D eigenvalue weighted by Gasteiger charge is 2.60. The van der Waals surface area contributed by atoms with E-state index in [0.29, 0.717) is 6.08 Å². The molecule has 2 aliphatic heterocycles. The first-order valence-electron chi connectivity index (χ1n) is 10.9. The molecule has 194 valence electrons. The maximum atomic E-state index is 15.3. The third kappa shape index (κ3) is 4.22. The third-order valence-electron chi connectivity index (χ3n) is 6.31. The maximum Gasteiger partial charge on any atom is 0.428 e. The van der Waals surface area contributed by atoms with Gasteiger partial charge < -0.3 is 4.90 Å². The normalized spacial score (nSPS) is 20.8. The van der Waals surface area contributed by atoms with Gasteiger partial charge in [-0.15, -0.1) is 0 Å². The van der Waals surface area contributed by atoms with Crippen LogP contribution in [0.15, 0.2) is 60.9 Å². The Kier molecular flexibility index (Phi) is 5.77. The molecular weight excluding hydrogens is 509 g/mol. The Hall–Kier alpha value is -3.87. The summed E-state index contributed by atoms with van der Waals surface area (Å²) in [5.41, 5.74) is -3.89. The van der Waals surface area contributed by atoms with Crippen LogP contribution in [0.5, 0.6) is 0 Å².